The molecule has 21 heavy (non-hydrogen) atoms. The maximum Gasteiger partial charge on any atom is 0.343 e. The Hall–Kier alpha value is -2.01. The molecule has 4 nitrogen and oxygen atoms in total. The minimum absolute atomic E-state index is 0.0728. The summed E-state index contributed by atoms with van der Waals surface area (Å²) in [5.41, 5.74) is 2.34. The summed E-state index contributed by atoms with van der Waals surface area (Å²) < 4.78 is 9.82. The van der Waals surface area contributed by atoms with E-state index in [1.54, 1.807) is 0 Å². The van der Waals surface area contributed by atoms with E-state index in [2.05, 4.69) is 30.0 Å². The van der Waals surface area contributed by atoms with Gasteiger partial charge >= 0.3 is 5.97 Å². The third kappa shape index (κ3) is 4.49. The fraction of sp³-hybridized carbons (Fsp3) is 0.312. The van der Waals surface area contributed by atoms with Crippen molar-refractivity contribution in [2.45, 2.75) is 20.4 Å². The van der Waals surface area contributed by atoms with Gasteiger partial charge in [-0.15, -0.1) is 11.3 Å². The zero-order valence-corrected chi connectivity index (χ0v) is 13.3. The lowest BCUT2D eigenvalue weighted by atomic mass is 10.2. The van der Waals surface area contributed by atoms with Crippen molar-refractivity contribution in [2.24, 2.45) is 0 Å². The highest BCUT2D eigenvalue weighted by atomic mass is 32.1. The number of hydrogen-bond acceptors (Lipinski definition) is 5. The molecule has 1 heterocycles. The molecule has 0 atom stereocenters. The van der Waals surface area contributed by atoms with Crippen LogP contribution in [0.3, 0.4) is 0 Å². The summed E-state index contributed by atoms with van der Waals surface area (Å²) >= 11 is 1.81. The molecule has 1 N–H and O–H groups in total. The first-order valence-electron chi connectivity index (χ1n) is 6.68. The van der Waals surface area contributed by atoms with Gasteiger partial charge in [0.15, 0.2) is 6.61 Å². The van der Waals surface area contributed by atoms with E-state index in [4.69, 9.17) is 4.74 Å². The Bertz CT molecular complexity index is 604. The molecule has 0 aliphatic heterocycles. The first-order chi connectivity index (χ1) is 10.1. The van der Waals surface area contributed by atoms with Gasteiger partial charge in [-0.1, -0.05) is 0 Å². The molecular formula is C16H19NO3S. The normalized spacial score (nSPS) is 10.2. The predicted molar refractivity (Wildman–Crippen MR) is 85.1 cm³/mol. The molecule has 0 radical (unpaired) electrons. The second-order valence-corrected chi connectivity index (χ2v) is 6.14. The topological polar surface area (TPSA) is 47.6 Å². The Morgan fingerprint density at radius 2 is 1.95 bits per heavy atom. The van der Waals surface area contributed by atoms with Crippen LogP contribution < -0.4 is 10.1 Å². The fourth-order valence-corrected chi connectivity index (χ4v) is 2.87. The van der Waals surface area contributed by atoms with Crippen LogP contribution in [0.5, 0.6) is 5.75 Å². The van der Waals surface area contributed by atoms with Gasteiger partial charge in [0.05, 0.1) is 7.11 Å². The van der Waals surface area contributed by atoms with E-state index in [1.807, 2.05) is 35.6 Å². The van der Waals surface area contributed by atoms with E-state index in [0.29, 0.717) is 5.75 Å². The van der Waals surface area contributed by atoms with Gasteiger partial charge in [0.25, 0.3) is 0 Å². The number of aryl methyl sites for hydroxylation is 2. The monoisotopic (exact) mass is 305 g/mol. The Balaban J connectivity index is 1.87. The number of esters is 1. The van der Waals surface area contributed by atoms with Crippen LogP contribution in [-0.2, 0) is 16.1 Å². The Morgan fingerprint density at radius 1 is 1.24 bits per heavy atom. The fourth-order valence-electron chi connectivity index (χ4n) is 1.93. The molecule has 112 valence electrons. The van der Waals surface area contributed by atoms with Crippen LogP contribution in [0.1, 0.15) is 15.3 Å². The molecule has 1 aromatic carbocycles. The van der Waals surface area contributed by atoms with Crippen molar-refractivity contribution >= 4 is 23.0 Å². The van der Waals surface area contributed by atoms with Crippen LogP contribution >= 0.6 is 11.3 Å². The molecular weight excluding hydrogens is 286 g/mol. The molecule has 0 spiro atoms. The minimum atomic E-state index is -0.388. The Labute approximate surface area is 128 Å². The maximum absolute atomic E-state index is 11.0. The zero-order valence-electron chi connectivity index (χ0n) is 12.4. The Morgan fingerprint density at radius 3 is 2.52 bits per heavy atom. The summed E-state index contributed by atoms with van der Waals surface area (Å²) in [6.45, 7) is 4.99. The highest BCUT2D eigenvalue weighted by molar-refractivity contribution is 7.12. The van der Waals surface area contributed by atoms with Gasteiger partial charge in [0.2, 0.25) is 0 Å². The number of anilines is 1. The van der Waals surface area contributed by atoms with E-state index in [9.17, 15) is 4.79 Å². The average molecular weight is 305 g/mol. The molecule has 0 aliphatic carbocycles. The van der Waals surface area contributed by atoms with Crippen LogP contribution in [0.4, 0.5) is 5.69 Å². The highest BCUT2D eigenvalue weighted by Gasteiger charge is 2.04. The summed E-state index contributed by atoms with van der Waals surface area (Å²) in [5, 5.41) is 3.38. The molecule has 2 aromatic rings. The molecule has 0 saturated carbocycles. The van der Waals surface area contributed by atoms with Crippen molar-refractivity contribution in [3.63, 3.8) is 0 Å². The molecule has 0 bridgehead atoms. The minimum Gasteiger partial charge on any atom is -0.482 e. The molecule has 0 aliphatic rings. The van der Waals surface area contributed by atoms with E-state index < -0.39 is 0 Å². The zero-order chi connectivity index (χ0) is 15.2. The molecule has 0 amide bonds. The standard InChI is InChI=1S/C16H19NO3S/c1-11-8-13(12(2)21-11)9-17-14-4-6-15(7-5-14)20-10-16(18)19-3/h4-8,17H,9-10H2,1-3H3. The van der Waals surface area contributed by atoms with Crippen LogP contribution in [-0.4, -0.2) is 19.7 Å². The average Bonchev–Trinajstić information content (AvgIpc) is 2.81. The van der Waals surface area contributed by atoms with Gasteiger partial charge in [-0.3, -0.25) is 0 Å². The van der Waals surface area contributed by atoms with Gasteiger partial charge in [-0.05, 0) is 49.7 Å². The van der Waals surface area contributed by atoms with Crippen LogP contribution in [0.15, 0.2) is 30.3 Å². The molecule has 1 aromatic heterocycles. The third-order valence-corrected chi connectivity index (χ3v) is 4.07. The van der Waals surface area contributed by atoms with Crippen molar-refractivity contribution < 1.29 is 14.3 Å². The lowest BCUT2D eigenvalue weighted by molar-refractivity contribution is -0.142. The predicted octanol–water partition coefficient (Wildman–Crippen LogP) is 3.53. The second kappa shape index (κ2) is 7.13. The first kappa shape index (κ1) is 15.4. The van der Waals surface area contributed by atoms with E-state index >= 15 is 0 Å². The number of rotatable bonds is 6. The number of hydrogen-bond donors (Lipinski definition) is 1. The maximum atomic E-state index is 11.0. The van der Waals surface area contributed by atoms with Crippen molar-refractivity contribution in [2.75, 3.05) is 19.0 Å². The van der Waals surface area contributed by atoms with E-state index in [-0.39, 0.29) is 12.6 Å². The van der Waals surface area contributed by atoms with Gasteiger partial charge < -0.3 is 14.8 Å². The molecule has 0 saturated heterocycles. The lowest BCUT2D eigenvalue weighted by Gasteiger charge is -2.08. The second-order valence-electron chi connectivity index (χ2n) is 4.68. The number of carbonyl (C=O) groups excluding carboxylic acids is 1. The highest BCUT2D eigenvalue weighted by Crippen LogP contribution is 2.22. The Kier molecular flexibility index (Phi) is 5.22. The number of methoxy groups -OCH3 is 1. The first-order valence-corrected chi connectivity index (χ1v) is 7.49. The van der Waals surface area contributed by atoms with Crippen molar-refractivity contribution in [3.8, 4) is 5.75 Å². The number of benzene rings is 1. The van der Waals surface area contributed by atoms with Crippen LogP contribution in [0, 0.1) is 13.8 Å². The largest absolute Gasteiger partial charge is 0.482 e. The van der Waals surface area contributed by atoms with Gasteiger partial charge in [-0.25, -0.2) is 4.79 Å². The van der Waals surface area contributed by atoms with Gasteiger partial charge in [0, 0.05) is 22.0 Å². The molecule has 2 rings (SSSR count). The number of thiophene rings is 1. The van der Waals surface area contributed by atoms with E-state index in [1.165, 1.54) is 22.4 Å². The SMILES string of the molecule is COC(=O)COc1ccc(NCc2cc(C)sc2C)cc1. The molecule has 0 fully saturated rings. The van der Waals surface area contributed by atoms with Crippen molar-refractivity contribution in [3.05, 3.63) is 45.6 Å². The van der Waals surface area contributed by atoms with Gasteiger partial charge in [-0.2, -0.15) is 0 Å². The summed E-state index contributed by atoms with van der Waals surface area (Å²) in [4.78, 5) is 13.7. The third-order valence-electron chi connectivity index (χ3n) is 3.07. The summed E-state index contributed by atoms with van der Waals surface area (Å²) in [6, 6.07) is 9.73. The number of ether oxygens (including phenoxy) is 2. The van der Waals surface area contributed by atoms with Crippen molar-refractivity contribution in [1.29, 1.82) is 0 Å². The van der Waals surface area contributed by atoms with Crippen LogP contribution in [0.2, 0.25) is 0 Å². The van der Waals surface area contributed by atoms with Crippen molar-refractivity contribution in [1.82, 2.24) is 0 Å². The van der Waals surface area contributed by atoms with Crippen LogP contribution in [0.25, 0.3) is 0 Å². The molecule has 0 unspecified atom stereocenters. The quantitative estimate of drug-likeness (QED) is 0.829. The summed E-state index contributed by atoms with van der Waals surface area (Å²) in [5.74, 6) is 0.258. The lowest BCUT2D eigenvalue weighted by Crippen LogP contribution is -2.12. The van der Waals surface area contributed by atoms with Gasteiger partial charge in [0.1, 0.15) is 5.75 Å². The summed E-state index contributed by atoms with van der Waals surface area (Å²) in [6.07, 6.45) is 0. The molecule has 5 heteroatoms. The smallest absolute Gasteiger partial charge is 0.343 e. The number of nitrogens with one attached hydrogen (secondary N) is 1. The summed E-state index contributed by atoms with van der Waals surface area (Å²) in [7, 11) is 1.34. The van der Waals surface area contributed by atoms with E-state index in [0.717, 1.165) is 12.2 Å². The number of carbonyl (C=O) groups is 1.